The number of fused-ring (bicyclic) bond motifs is 1. The Morgan fingerprint density at radius 3 is 2.45 bits per heavy atom. The molecule has 0 aliphatic carbocycles. The molecule has 0 bridgehead atoms. The monoisotopic (exact) mass is 389 g/mol. The number of aromatic nitrogens is 1. The van der Waals surface area contributed by atoms with Crippen molar-refractivity contribution in [3.05, 3.63) is 66.9 Å². The first-order valence-corrected chi connectivity index (χ1v) is 9.67. The first-order chi connectivity index (χ1) is 14.2. The summed E-state index contributed by atoms with van der Waals surface area (Å²) in [5, 5.41) is 7.63. The van der Waals surface area contributed by atoms with Gasteiger partial charge >= 0.3 is 6.03 Å². The van der Waals surface area contributed by atoms with Gasteiger partial charge in [0, 0.05) is 43.4 Å². The second-order valence-corrected chi connectivity index (χ2v) is 6.90. The number of nitrogens with zero attached hydrogens (tertiary/aromatic N) is 3. The summed E-state index contributed by atoms with van der Waals surface area (Å²) in [5.74, 6) is 0.670. The van der Waals surface area contributed by atoms with Gasteiger partial charge < -0.3 is 20.4 Å². The molecule has 0 unspecified atom stereocenters. The molecular formula is C22H23N5O2. The Morgan fingerprint density at radius 2 is 1.66 bits per heavy atom. The number of benzene rings is 2. The number of urea groups is 1. The predicted octanol–water partition coefficient (Wildman–Crippen LogP) is 2.71. The van der Waals surface area contributed by atoms with Crippen LogP contribution in [0.4, 0.5) is 16.3 Å². The highest BCUT2D eigenvalue weighted by Crippen LogP contribution is 2.22. The van der Waals surface area contributed by atoms with E-state index in [1.54, 1.807) is 11.1 Å². The molecule has 2 N–H and O–H groups in total. The molecule has 148 valence electrons. The zero-order valence-corrected chi connectivity index (χ0v) is 16.0. The van der Waals surface area contributed by atoms with Crippen LogP contribution in [0.3, 0.4) is 0 Å². The minimum absolute atomic E-state index is 0.0670. The minimum Gasteiger partial charge on any atom is -0.353 e. The van der Waals surface area contributed by atoms with Crippen LogP contribution in [0.2, 0.25) is 0 Å². The number of piperazine rings is 1. The summed E-state index contributed by atoms with van der Waals surface area (Å²) in [6, 6.07) is 19.2. The number of rotatable bonds is 4. The van der Waals surface area contributed by atoms with E-state index in [1.807, 2.05) is 60.7 Å². The van der Waals surface area contributed by atoms with Crippen molar-refractivity contribution in [2.45, 2.75) is 0 Å². The first-order valence-electron chi connectivity index (χ1n) is 9.67. The Labute approximate surface area is 169 Å². The number of carbonyl (C=O) groups is 2. The van der Waals surface area contributed by atoms with Crippen LogP contribution in [0.25, 0.3) is 10.8 Å². The smallest absolute Gasteiger partial charge is 0.317 e. The van der Waals surface area contributed by atoms with Crippen LogP contribution in [0.5, 0.6) is 0 Å². The first kappa shape index (κ1) is 18.7. The summed E-state index contributed by atoms with van der Waals surface area (Å²) >= 11 is 0. The Kier molecular flexibility index (Phi) is 5.56. The lowest BCUT2D eigenvalue weighted by Crippen LogP contribution is -2.52. The molecule has 2 heterocycles. The average molecular weight is 389 g/mol. The maximum Gasteiger partial charge on any atom is 0.317 e. The third-order valence-corrected chi connectivity index (χ3v) is 5.00. The van der Waals surface area contributed by atoms with E-state index in [-0.39, 0.29) is 18.5 Å². The van der Waals surface area contributed by atoms with Crippen LogP contribution < -0.4 is 15.5 Å². The quantitative estimate of drug-likeness (QED) is 0.719. The van der Waals surface area contributed by atoms with E-state index in [4.69, 9.17) is 0 Å². The van der Waals surface area contributed by atoms with Gasteiger partial charge in [-0.2, -0.15) is 0 Å². The van der Waals surface area contributed by atoms with Gasteiger partial charge in [-0.15, -0.1) is 0 Å². The summed E-state index contributed by atoms with van der Waals surface area (Å²) in [6.07, 6.45) is 1.77. The number of pyridine rings is 1. The summed E-state index contributed by atoms with van der Waals surface area (Å²) in [5.41, 5.74) is 0.742. The molecule has 1 saturated heterocycles. The van der Waals surface area contributed by atoms with E-state index < -0.39 is 0 Å². The maximum absolute atomic E-state index is 12.4. The van der Waals surface area contributed by atoms with Gasteiger partial charge in [-0.05, 0) is 23.6 Å². The standard InChI is InChI=1S/C22H23N5O2/c28-21(25-19-9-5-7-17-6-1-2-8-18(17)19)16-24-22(29)27-14-12-26(13-15-27)20-10-3-4-11-23-20/h1-11H,12-16H2,(H,24,29)(H,25,28). The van der Waals surface area contributed by atoms with Gasteiger partial charge in [0.05, 0.1) is 6.54 Å². The Hall–Kier alpha value is -3.61. The third-order valence-electron chi connectivity index (χ3n) is 5.00. The van der Waals surface area contributed by atoms with E-state index in [1.165, 1.54) is 0 Å². The molecule has 7 heteroatoms. The van der Waals surface area contributed by atoms with Crippen LogP contribution >= 0.6 is 0 Å². The second-order valence-electron chi connectivity index (χ2n) is 6.90. The maximum atomic E-state index is 12.4. The van der Waals surface area contributed by atoms with Crippen molar-refractivity contribution in [1.82, 2.24) is 15.2 Å². The molecule has 1 aliphatic heterocycles. The van der Waals surface area contributed by atoms with E-state index in [0.717, 1.165) is 22.3 Å². The van der Waals surface area contributed by atoms with Crippen molar-refractivity contribution in [1.29, 1.82) is 0 Å². The van der Waals surface area contributed by atoms with Gasteiger partial charge in [-0.1, -0.05) is 42.5 Å². The normalized spacial score (nSPS) is 13.9. The molecule has 0 saturated carbocycles. The van der Waals surface area contributed by atoms with Crippen molar-refractivity contribution >= 4 is 34.2 Å². The van der Waals surface area contributed by atoms with Gasteiger partial charge in [0.1, 0.15) is 5.82 Å². The molecule has 1 aromatic heterocycles. The van der Waals surface area contributed by atoms with Crippen molar-refractivity contribution in [2.75, 3.05) is 42.9 Å². The average Bonchev–Trinajstić information content (AvgIpc) is 2.78. The molecule has 1 aliphatic rings. The third kappa shape index (κ3) is 4.45. The predicted molar refractivity (Wildman–Crippen MR) is 114 cm³/mol. The minimum atomic E-state index is -0.248. The second kappa shape index (κ2) is 8.60. The molecule has 0 radical (unpaired) electrons. The fourth-order valence-corrected chi connectivity index (χ4v) is 3.48. The SMILES string of the molecule is O=C(CNC(=O)N1CCN(c2ccccn2)CC1)Nc1cccc2ccccc12. The highest BCUT2D eigenvalue weighted by atomic mass is 16.2. The fraction of sp³-hybridized carbons (Fsp3) is 0.227. The van der Waals surface area contributed by atoms with Crippen LogP contribution in [0.15, 0.2) is 66.9 Å². The Morgan fingerprint density at radius 1 is 0.897 bits per heavy atom. The molecule has 0 spiro atoms. The van der Waals surface area contributed by atoms with Crippen molar-refractivity contribution in [3.8, 4) is 0 Å². The molecule has 3 amide bonds. The number of hydrogen-bond acceptors (Lipinski definition) is 4. The number of carbonyl (C=O) groups excluding carboxylic acids is 2. The number of nitrogens with one attached hydrogen (secondary N) is 2. The Bertz CT molecular complexity index is 995. The van der Waals surface area contributed by atoms with E-state index in [9.17, 15) is 9.59 Å². The lowest BCUT2D eigenvalue weighted by molar-refractivity contribution is -0.115. The van der Waals surface area contributed by atoms with E-state index in [0.29, 0.717) is 26.2 Å². The van der Waals surface area contributed by atoms with Crippen molar-refractivity contribution in [3.63, 3.8) is 0 Å². The zero-order chi connectivity index (χ0) is 20.1. The number of hydrogen-bond donors (Lipinski definition) is 2. The summed E-state index contributed by atoms with van der Waals surface area (Å²) in [6.45, 7) is 2.54. The van der Waals surface area contributed by atoms with Crippen LogP contribution in [0, 0.1) is 0 Å². The molecule has 1 fully saturated rings. The molecule has 0 atom stereocenters. The summed E-state index contributed by atoms with van der Waals surface area (Å²) < 4.78 is 0. The lowest BCUT2D eigenvalue weighted by atomic mass is 10.1. The van der Waals surface area contributed by atoms with E-state index >= 15 is 0 Å². The van der Waals surface area contributed by atoms with Crippen molar-refractivity contribution < 1.29 is 9.59 Å². The number of amides is 3. The van der Waals surface area contributed by atoms with E-state index in [2.05, 4.69) is 20.5 Å². The zero-order valence-electron chi connectivity index (χ0n) is 16.0. The highest BCUT2D eigenvalue weighted by Gasteiger charge is 2.22. The fourth-order valence-electron chi connectivity index (χ4n) is 3.48. The summed E-state index contributed by atoms with van der Waals surface area (Å²) in [7, 11) is 0. The van der Waals surface area contributed by atoms with Gasteiger partial charge in [-0.3, -0.25) is 4.79 Å². The van der Waals surface area contributed by atoms with Gasteiger partial charge in [0.2, 0.25) is 5.91 Å². The Balaban J connectivity index is 1.27. The summed E-state index contributed by atoms with van der Waals surface area (Å²) in [4.78, 5) is 33.0. The van der Waals surface area contributed by atoms with Crippen LogP contribution in [-0.2, 0) is 4.79 Å². The number of anilines is 2. The highest BCUT2D eigenvalue weighted by molar-refractivity contribution is 6.03. The molecule has 7 nitrogen and oxygen atoms in total. The molecule has 3 aromatic rings. The van der Waals surface area contributed by atoms with Gasteiger partial charge in [-0.25, -0.2) is 9.78 Å². The largest absolute Gasteiger partial charge is 0.353 e. The topological polar surface area (TPSA) is 77.6 Å². The van der Waals surface area contributed by atoms with Crippen LogP contribution in [-0.4, -0.2) is 54.5 Å². The molecule has 29 heavy (non-hydrogen) atoms. The molecule has 4 rings (SSSR count). The van der Waals surface area contributed by atoms with Crippen molar-refractivity contribution in [2.24, 2.45) is 0 Å². The van der Waals surface area contributed by atoms with Gasteiger partial charge in [0.25, 0.3) is 0 Å². The van der Waals surface area contributed by atoms with Crippen LogP contribution in [0.1, 0.15) is 0 Å². The lowest BCUT2D eigenvalue weighted by Gasteiger charge is -2.35. The molecular weight excluding hydrogens is 366 g/mol. The molecule has 2 aromatic carbocycles. The van der Waals surface area contributed by atoms with Gasteiger partial charge in [0.15, 0.2) is 0 Å².